The lowest BCUT2D eigenvalue weighted by atomic mass is 9.90. The first kappa shape index (κ1) is 18.4. The van der Waals surface area contributed by atoms with E-state index >= 15 is 0 Å². The third-order valence-corrected chi connectivity index (χ3v) is 4.30. The first-order valence-corrected chi connectivity index (χ1v) is 7.49. The molecule has 19 heavy (non-hydrogen) atoms. The maximum Gasteiger partial charge on any atom is 0.323 e. The lowest BCUT2D eigenvalue weighted by Gasteiger charge is -2.32. The first-order valence-electron chi connectivity index (χ1n) is 7.49. The van der Waals surface area contributed by atoms with Gasteiger partial charge in [0.2, 0.25) is 0 Å². The minimum atomic E-state index is -0.753. The highest BCUT2D eigenvalue weighted by molar-refractivity contribution is 5.78. The van der Waals surface area contributed by atoms with Crippen LogP contribution >= 0.6 is 0 Å². The molecule has 0 amide bonds. The Morgan fingerprint density at radius 3 is 2.26 bits per heavy atom. The van der Waals surface area contributed by atoms with Gasteiger partial charge in [-0.1, -0.05) is 27.7 Å². The summed E-state index contributed by atoms with van der Waals surface area (Å²) in [6.45, 7) is 12.2. The SMILES string of the molecule is CCNC(CC)(CCCN(C)C(C)C(C)C)C(=O)O. The van der Waals surface area contributed by atoms with Crippen molar-refractivity contribution in [2.45, 2.75) is 65.5 Å². The zero-order chi connectivity index (χ0) is 15.1. The van der Waals surface area contributed by atoms with E-state index in [0.29, 0.717) is 31.3 Å². The van der Waals surface area contributed by atoms with E-state index in [1.807, 2.05) is 13.8 Å². The van der Waals surface area contributed by atoms with Gasteiger partial charge < -0.3 is 15.3 Å². The van der Waals surface area contributed by atoms with Crippen LogP contribution in [0.25, 0.3) is 0 Å². The van der Waals surface area contributed by atoms with Gasteiger partial charge in [0.1, 0.15) is 5.54 Å². The fourth-order valence-electron chi connectivity index (χ4n) is 2.41. The van der Waals surface area contributed by atoms with Gasteiger partial charge in [-0.15, -0.1) is 0 Å². The fourth-order valence-corrected chi connectivity index (χ4v) is 2.41. The van der Waals surface area contributed by atoms with E-state index in [-0.39, 0.29) is 0 Å². The normalized spacial score (nSPS) is 16.6. The predicted molar refractivity (Wildman–Crippen MR) is 80.5 cm³/mol. The van der Waals surface area contributed by atoms with Gasteiger partial charge in [0.25, 0.3) is 0 Å². The quantitative estimate of drug-likeness (QED) is 0.642. The minimum Gasteiger partial charge on any atom is -0.480 e. The van der Waals surface area contributed by atoms with Gasteiger partial charge in [-0.3, -0.25) is 4.79 Å². The molecule has 0 radical (unpaired) electrons. The van der Waals surface area contributed by atoms with Gasteiger partial charge in [0.05, 0.1) is 0 Å². The van der Waals surface area contributed by atoms with E-state index in [0.717, 1.165) is 13.0 Å². The number of carbonyl (C=O) groups is 1. The molecule has 0 saturated heterocycles. The van der Waals surface area contributed by atoms with Crippen LogP contribution in [0.2, 0.25) is 0 Å². The number of rotatable bonds is 10. The van der Waals surface area contributed by atoms with Crippen molar-refractivity contribution in [1.82, 2.24) is 10.2 Å². The van der Waals surface area contributed by atoms with Gasteiger partial charge in [0.15, 0.2) is 0 Å². The Balaban J connectivity index is 4.38. The largest absolute Gasteiger partial charge is 0.480 e. The third-order valence-electron chi connectivity index (χ3n) is 4.30. The summed E-state index contributed by atoms with van der Waals surface area (Å²) in [6.07, 6.45) is 2.21. The maximum atomic E-state index is 11.5. The second kappa shape index (κ2) is 8.54. The van der Waals surface area contributed by atoms with Gasteiger partial charge in [-0.25, -0.2) is 0 Å². The Bertz CT molecular complexity index is 269. The van der Waals surface area contributed by atoms with Gasteiger partial charge >= 0.3 is 5.97 Å². The molecular weight excluding hydrogens is 240 g/mol. The van der Waals surface area contributed by atoms with Gasteiger partial charge in [0, 0.05) is 6.04 Å². The number of carboxylic acids is 1. The summed E-state index contributed by atoms with van der Waals surface area (Å²) in [5, 5.41) is 12.6. The fraction of sp³-hybridized carbons (Fsp3) is 0.933. The van der Waals surface area contributed by atoms with Crippen LogP contribution in [-0.2, 0) is 4.79 Å². The van der Waals surface area contributed by atoms with Crippen LogP contribution < -0.4 is 5.32 Å². The molecule has 4 nitrogen and oxygen atoms in total. The average Bonchev–Trinajstić information content (AvgIpc) is 2.35. The van der Waals surface area contributed by atoms with Crippen molar-refractivity contribution >= 4 is 5.97 Å². The zero-order valence-corrected chi connectivity index (χ0v) is 13.5. The highest BCUT2D eigenvalue weighted by Gasteiger charge is 2.35. The number of hydrogen-bond acceptors (Lipinski definition) is 3. The second-order valence-electron chi connectivity index (χ2n) is 5.84. The molecule has 0 spiro atoms. The highest BCUT2D eigenvalue weighted by atomic mass is 16.4. The Kier molecular flexibility index (Phi) is 8.26. The van der Waals surface area contributed by atoms with Crippen molar-refractivity contribution in [3.05, 3.63) is 0 Å². The molecule has 114 valence electrons. The Labute approximate surface area is 118 Å². The standard InChI is InChI=1S/C15H32N2O2/c1-7-15(14(18)19,16-8-2)10-9-11-17(6)13(5)12(3)4/h12-13,16H,7-11H2,1-6H3,(H,18,19). The van der Waals surface area contributed by atoms with Crippen LogP contribution in [0.1, 0.15) is 53.9 Å². The number of nitrogens with one attached hydrogen (secondary N) is 1. The molecule has 0 aliphatic carbocycles. The second-order valence-corrected chi connectivity index (χ2v) is 5.84. The van der Waals surface area contributed by atoms with Crippen LogP contribution in [0.15, 0.2) is 0 Å². The van der Waals surface area contributed by atoms with E-state index in [9.17, 15) is 9.90 Å². The summed E-state index contributed by atoms with van der Waals surface area (Å²) in [4.78, 5) is 13.8. The van der Waals surface area contributed by atoms with E-state index in [1.54, 1.807) is 0 Å². The molecule has 0 saturated carbocycles. The molecule has 4 heteroatoms. The van der Waals surface area contributed by atoms with Crippen LogP contribution in [-0.4, -0.2) is 47.7 Å². The summed E-state index contributed by atoms with van der Waals surface area (Å²) in [5.74, 6) is -0.106. The Morgan fingerprint density at radius 2 is 1.89 bits per heavy atom. The minimum absolute atomic E-state index is 0.528. The van der Waals surface area contributed by atoms with Crippen molar-refractivity contribution in [1.29, 1.82) is 0 Å². The molecule has 2 N–H and O–H groups in total. The molecule has 2 unspecified atom stereocenters. The molecule has 0 fully saturated rings. The summed E-state index contributed by atoms with van der Waals surface area (Å²) in [7, 11) is 2.12. The summed E-state index contributed by atoms with van der Waals surface area (Å²) in [5.41, 5.74) is -0.753. The summed E-state index contributed by atoms with van der Waals surface area (Å²) < 4.78 is 0. The highest BCUT2D eigenvalue weighted by Crippen LogP contribution is 2.19. The molecule has 2 atom stereocenters. The van der Waals surface area contributed by atoms with E-state index in [2.05, 4.69) is 38.0 Å². The van der Waals surface area contributed by atoms with Crippen molar-refractivity contribution in [2.75, 3.05) is 20.1 Å². The molecule has 0 bridgehead atoms. The molecule has 0 aliphatic heterocycles. The molecule has 0 aromatic heterocycles. The smallest absolute Gasteiger partial charge is 0.323 e. The number of carboxylic acid groups (broad SMARTS) is 1. The van der Waals surface area contributed by atoms with E-state index < -0.39 is 11.5 Å². The maximum absolute atomic E-state index is 11.5. The van der Waals surface area contributed by atoms with Crippen molar-refractivity contribution in [3.63, 3.8) is 0 Å². The Hall–Kier alpha value is -0.610. The molecule has 0 aromatic carbocycles. The monoisotopic (exact) mass is 272 g/mol. The van der Waals surface area contributed by atoms with E-state index in [4.69, 9.17) is 0 Å². The summed E-state index contributed by atoms with van der Waals surface area (Å²) >= 11 is 0. The van der Waals surface area contributed by atoms with Crippen molar-refractivity contribution in [3.8, 4) is 0 Å². The third kappa shape index (κ3) is 5.49. The van der Waals surface area contributed by atoms with Crippen LogP contribution in [0.3, 0.4) is 0 Å². The predicted octanol–water partition coefficient (Wildman–Crippen LogP) is 2.59. The van der Waals surface area contributed by atoms with Gasteiger partial charge in [-0.2, -0.15) is 0 Å². The van der Waals surface area contributed by atoms with Crippen molar-refractivity contribution < 1.29 is 9.90 Å². The Morgan fingerprint density at radius 1 is 1.32 bits per heavy atom. The number of likely N-dealkylation sites (N-methyl/N-ethyl adjacent to an activating group) is 1. The molecule has 0 heterocycles. The zero-order valence-electron chi connectivity index (χ0n) is 13.5. The van der Waals surface area contributed by atoms with E-state index in [1.165, 1.54) is 0 Å². The van der Waals surface area contributed by atoms with Crippen LogP contribution in [0.5, 0.6) is 0 Å². The first-order chi connectivity index (χ1) is 8.80. The van der Waals surface area contributed by atoms with Crippen molar-refractivity contribution in [2.24, 2.45) is 5.92 Å². The summed E-state index contributed by atoms with van der Waals surface area (Å²) in [6, 6.07) is 0.528. The topological polar surface area (TPSA) is 52.6 Å². The van der Waals surface area contributed by atoms with Crippen LogP contribution in [0.4, 0.5) is 0 Å². The average molecular weight is 272 g/mol. The van der Waals surface area contributed by atoms with Gasteiger partial charge in [-0.05, 0) is 52.2 Å². The number of aliphatic carboxylic acids is 1. The lowest BCUT2D eigenvalue weighted by molar-refractivity contribution is -0.145. The molecule has 0 rings (SSSR count). The number of hydrogen-bond donors (Lipinski definition) is 2. The molecule has 0 aliphatic rings. The molecule has 0 aromatic rings. The lowest BCUT2D eigenvalue weighted by Crippen LogP contribution is -2.52. The van der Waals surface area contributed by atoms with Crippen LogP contribution in [0, 0.1) is 5.92 Å². The molecular formula is C15H32N2O2. The number of nitrogens with zero attached hydrogens (tertiary/aromatic N) is 1.